The molecule has 0 aliphatic rings. The highest BCUT2D eigenvalue weighted by atomic mass is 16.5. The maximum absolute atomic E-state index is 6.13. The first-order chi connectivity index (χ1) is 13.3. The number of rotatable bonds is 8. The number of aliphatic imine (C=N–C) groups is 1. The molecule has 154 valence electrons. The van der Waals surface area contributed by atoms with E-state index in [4.69, 9.17) is 4.74 Å². The number of hydrogen-bond acceptors (Lipinski definition) is 3. The molecule has 0 unspecified atom stereocenters. The smallest absolute Gasteiger partial charge is 0.191 e. The molecule has 1 aromatic heterocycles. The van der Waals surface area contributed by atoms with E-state index >= 15 is 0 Å². The Morgan fingerprint density at radius 3 is 2.61 bits per heavy atom. The third kappa shape index (κ3) is 7.25. The summed E-state index contributed by atoms with van der Waals surface area (Å²) in [4.78, 5) is 8.58. The Balaban J connectivity index is 1.79. The Bertz CT molecular complexity index is 773. The van der Waals surface area contributed by atoms with Gasteiger partial charge in [-0.25, -0.2) is 4.98 Å². The number of hydrogen-bond donors (Lipinski definition) is 2. The van der Waals surface area contributed by atoms with Crippen molar-refractivity contribution in [3.05, 3.63) is 47.5 Å². The van der Waals surface area contributed by atoms with Crippen molar-refractivity contribution < 1.29 is 4.74 Å². The summed E-state index contributed by atoms with van der Waals surface area (Å²) in [5, 5.41) is 6.78. The predicted octanol–water partition coefficient (Wildman–Crippen LogP) is 3.82. The molecule has 0 atom stereocenters. The molecule has 6 heteroatoms. The average molecular weight is 386 g/mol. The summed E-state index contributed by atoms with van der Waals surface area (Å²) < 4.78 is 8.31. The van der Waals surface area contributed by atoms with Crippen LogP contribution in [0.25, 0.3) is 0 Å². The molecule has 1 aromatic carbocycles. The Morgan fingerprint density at radius 1 is 1.18 bits per heavy atom. The number of unbranched alkanes of at least 4 members (excludes halogenated alkanes) is 1. The van der Waals surface area contributed by atoms with Gasteiger partial charge in [0, 0.05) is 44.6 Å². The molecule has 1 heterocycles. The third-order valence-electron chi connectivity index (χ3n) is 4.35. The summed E-state index contributed by atoms with van der Waals surface area (Å²) in [6.45, 7) is 12.9. The highest BCUT2D eigenvalue weighted by Gasteiger charge is 2.15. The molecule has 28 heavy (non-hydrogen) atoms. The van der Waals surface area contributed by atoms with Gasteiger partial charge in [0.05, 0.1) is 0 Å². The summed E-state index contributed by atoms with van der Waals surface area (Å²) >= 11 is 0. The van der Waals surface area contributed by atoms with Gasteiger partial charge >= 0.3 is 0 Å². The second kappa shape index (κ2) is 10.2. The molecular formula is C22H35N5O. The van der Waals surface area contributed by atoms with Gasteiger partial charge in [-0.05, 0) is 59.1 Å². The lowest BCUT2D eigenvalue weighted by molar-refractivity contribution is 0.129. The van der Waals surface area contributed by atoms with Crippen LogP contribution in [0.3, 0.4) is 0 Å². The van der Waals surface area contributed by atoms with Crippen LogP contribution < -0.4 is 15.4 Å². The van der Waals surface area contributed by atoms with Gasteiger partial charge in [0.1, 0.15) is 17.2 Å². The zero-order valence-corrected chi connectivity index (χ0v) is 18.2. The third-order valence-corrected chi connectivity index (χ3v) is 4.35. The number of benzene rings is 1. The molecule has 6 nitrogen and oxygen atoms in total. The van der Waals surface area contributed by atoms with Crippen LogP contribution in [0.1, 0.15) is 50.6 Å². The molecule has 0 spiro atoms. The number of imidazole rings is 1. The summed E-state index contributed by atoms with van der Waals surface area (Å²) in [6.07, 6.45) is 6.05. The van der Waals surface area contributed by atoms with Crippen LogP contribution >= 0.6 is 0 Å². The number of guanidine groups is 1. The molecule has 0 radical (unpaired) electrons. The van der Waals surface area contributed by atoms with Crippen molar-refractivity contribution >= 4 is 5.96 Å². The van der Waals surface area contributed by atoms with Crippen LogP contribution in [-0.2, 0) is 13.1 Å². The number of aromatic nitrogens is 2. The van der Waals surface area contributed by atoms with E-state index in [0.29, 0.717) is 6.54 Å². The van der Waals surface area contributed by atoms with Crippen molar-refractivity contribution in [1.29, 1.82) is 0 Å². The van der Waals surface area contributed by atoms with Crippen LogP contribution in [0.2, 0.25) is 0 Å². The van der Waals surface area contributed by atoms with Gasteiger partial charge < -0.3 is 19.9 Å². The molecule has 2 aromatic rings. The van der Waals surface area contributed by atoms with Gasteiger partial charge in [-0.3, -0.25) is 4.99 Å². The van der Waals surface area contributed by atoms with Crippen molar-refractivity contribution in [3.63, 3.8) is 0 Å². The van der Waals surface area contributed by atoms with Gasteiger partial charge in [-0.15, -0.1) is 0 Å². The zero-order valence-electron chi connectivity index (χ0n) is 18.2. The van der Waals surface area contributed by atoms with Crippen molar-refractivity contribution in [3.8, 4) is 5.75 Å². The molecule has 0 bridgehead atoms. The summed E-state index contributed by atoms with van der Waals surface area (Å²) in [5.74, 6) is 2.80. The lowest BCUT2D eigenvalue weighted by Crippen LogP contribution is -2.37. The number of nitrogens with one attached hydrogen (secondary N) is 2. The Morgan fingerprint density at radius 2 is 1.96 bits per heavy atom. The second-order valence-corrected chi connectivity index (χ2v) is 8.05. The minimum Gasteiger partial charge on any atom is -0.488 e. The van der Waals surface area contributed by atoms with Crippen molar-refractivity contribution in [2.24, 2.45) is 4.99 Å². The highest BCUT2D eigenvalue weighted by molar-refractivity contribution is 5.79. The normalized spacial score (nSPS) is 12.1. The topological polar surface area (TPSA) is 63.5 Å². The van der Waals surface area contributed by atoms with Crippen LogP contribution in [0.5, 0.6) is 5.75 Å². The Kier molecular flexibility index (Phi) is 7.91. The Hall–Kier alpha value is -2.50. The quantitative estimate of drug-likeness (QED) is 0.412. The van der Waals surface area contributed by atoms with E-state index < -0.39 is 0 Å². The van der Waals surface area contributed by atoms with Crippen LogP contribution in [-0.4, -0.2) is 34.7 Å². The SMILES string of the molecule is CN=C(NCCCCn1ccnc1C)NCc1ccc(C)cc1OC(C)(C)C. The van der Waals surface area contributed by atoms with Gasteiger partial charge in [-0.1, -0.05) is 12.1 Å². The van der Waals surface area contributed by atoms with E-state index in [1.807, 2.05) is 19.3 Å². The predicted molar refractivity (Wildman–Crippen MR) is 116 cm³/mol. The number of aryl methyl sites for hydroxylation is 3. The Labute approximate surface area is 169 Å². The van der Waals surface area contributed by atoms with Gasteiger partial charge in [-0.2, -0.15) is 0 Å². The first kappa shape index (κ1) is 21.8. The fraction of sp³-hybridized carbons (Fsp3) is 0.545. The molecule has 2 rings (SSSR count). The standard InChI is InChI=1S/C22H35N5O/c1-17-9-10-19(20(15-17)28-22(3,4)5)16-26-21(23-6)25-11-7-8-13-27-14-12-24-18(27)2/h9-10,12,14-15H,7-8,11,13,16H2,1-6H3,(H2,23,25,26). The first-order valence-corrected chi connectivity index (χ1v) is 9.99. The lowest BCUT2D eigenvalue weighted by Gasteiger charge is -2.24. The maximum Gasteiger partial charge on any atom is 0.191 e. The minimum atomic E-state index is -0.226. The van der Waals surface area contributed by atoms with E-state index in [1.54, 1.807) is 7.05 Å². The zero-order chi connectivity index (χ0) is 20.6. The van der Waals surface area contributed by atoms with E-state index in [9.17, 15) is 0 Å². The largest absolute Gasteiger partial charge is 0.488 e. The molecule has 0 aliphatic carbocycles. The lowest BCUT2D eigenvalue weighted by atomic mass is 10.1. The fourth-order valence-corrected chi connectivity index (χ4v) is 2.89. The molecular weight excluding hydrogens is 350 g/mol. The van der Waals surface area contributed by atoms with Crippen molar-refractivity contribution in [2.75, 3.05) is 13.6 Å². The first-order valence-electron chi connectivity index (χ1n) is 9.99. The summed E-state index contributed by atoms with van der Waals surface area (Å²) in [6, 6.07) is 6.32. The second-order valence-electron chi connectivity index (χ2n) is 8.05. The molecule has 0 aliphatic heterocycles. The highest BCUT2D eigenvalue weighted by Crippen LogP contribution is 2.24. The minimum absolute atomic E-state index is 0.226. The average Bonchev–Trinajstić information content (AvgIpc) is 3.02. The van der Waals surface area contributed by atoms with Crippen LogP contribution in [0.4, 0.5) is 0 Å². The molecule has 2 N–H and O–H groups in total. The van der Waals surface area contributed by atoms with Gasteiger partial charge in [0.15, 0.2) is 5.96 Å². The molecule has 0 amide bonds. The van der Waals surface area contributed by atoms with Gasteiger partial charge in [0.25, 0.3) is 0 Å². The molecule has 0 saturated heterocycles. The number of nitrogens with zero attached hydrogens (tertiary/aromatic N) is 3. The van der Waals surface area contributed by atoms with Gasteiger partial charge in [0.2, 0.25) is 0 Å². The van der Waals surface area contributed by atoms with E-state index in [2.05, 4.69) is 71.1 Å². The van der Waals surface area contributed by atoms with E-state index in [0.717, 1.165) is 49.0 Å². The summed E-state index contributed by atoms with van der Waals surface area (Å²) in [7, 11) is 1.80. The molecule has 0 saturated carbocycles. The molecule has 0 fully saturated rings. The maximum atomic E-state index is 6.13. The van der Waals surface area contributed by atoms with E-state index in [1.165, 1.54) is 5.56 Å². The van der Waals surface area contributed by atoms with E-state index in [-0.39, 0.29) is 5.60 Å². The van der Waals surface area contributed by atoms with Crippen LogP contribution in [0.15, 0.2) is 35.6 Å². The van der Waals surface area contributed by atoms with Crippen molar-refractivity contribution in [1.82, 2.24) is 20.2 Å². The monoisotopic (exact) mass is 385 g/mol. The fourth-order valence-electron chi connectivity index (χ4n) is 2.89. The van der Waals surface area contributed by atoms with Crippen molar-refractivity contribution in [2.45, 2.75) is 66.2 Å². The van der Waals surface area contributed by atoms with Crippen LogP contribution in [0, 0.1) is 13.8 Å². The summed E-state index contributed by atoms with van der Waals surface area (Å²) in [5.41, 5.74) is 2.09. The number of ether oxygens (including phenoxy) is 1.